The number of ether oxygens (including phenoxy) is 1. The van der Waals surface area contributed by atoms with Crippen molar-refractivity contribution in [3.05, 3.63) is 107 Å². The van der Waals surface area contributed by atoms with Crippen LogP contribution in [-0.2, 0) is 16.1 Å². The third kappa shape index (κ3) is 5.47. The first-order valence-electron chi connectivity index (χ1n) is 11.1. The van der Waals surface area contributed by atoms with Gasteiger partial charge in [-0.25, -0.2) is 4.79 Å². The number of aryl methyl sites for hydroxylation is 2. The summed E-state index contributed by atoms with van der Waals surface area (Å²) in [6.45, 7) is 4.22. The summed E-state index contributed by atoms with van der Waals surface area (Å²) < 4.78 is 5.47. The van der Waals surface area contributed by atoms with Gasteiger partial charge in [-0.1, -0.05) is 47.5 Å². The number of amides is 1. The summed E-state index contributed by atoms with van der Waals surface area (Å²) in [6.07, 6.45) is 3.50. The van der Waals surface area contributed by atoms with E-state index in [2.05, 4.69) is 10.3 Å². The van der Waals surface area contributed by atoms with Gasteiger partial charge in [0.2, 0.25) is 5.91 Å². The molecule has 6 heteroatoms. The summed E-state index contributed by atoms with van der Waals surface area (Å²) in [5.74, 6) is -1.04. The van der Waals surface area contributed by atoms with Gasteiger partial charge in [-0.15, -0.1) is 0 Å². The van der Waals surface area contributed by atoms with Crippen molar-refractivity contribution in [2.24, 2.45) is 5.73 Å². The Morgan fingerprint density at radius 1 is 0.941 bits per heavy atom. The van der Waals surface area contributed by atoms with E-state index in [9.17, 15) is 9.59 Å². The van der Waals surface area contributed by atoms with Crippen molar-refractivity contribution in [2.75, 3.05) is 11.9 Å². The second-order valence-corrected chi connectivity index (χ2v) is 8.41. The average molecular weight is 454 g/mol. The van der Waals surface area contributed by atoms with E-state index >= 15 is 0 Å². The van der Waals surface area contributed by atoms with Crippen LogP contribution in [0.25, 0.3) is 10.8 Å². The Bertz CT molecular complexity index is 1310. The van der Waals surface area contributed by atoms with Crippen molar-refractivity contribution >= 4 is 28.3 Å². The van der Waals surface area contributed by atoms with E-state index in [0.717, 1.165) is 33.0 Å². The molecule has 4 aromatic rings. The number of hydrogen-bond donors (Lipinski definition) is 2. The molecule has 34 heavy (non-hydrogen) atoms. The number of anilines is 1. The number of carbonyl (C=O) groups is 2. The third-order valence-corrected chi connectivity index (χ3v) is 5.67. The number of aromatic nitrogens is 1. The number of nitrogens with zero attached hydrogens (tertiary/aromatic N) is 1. The molecular weight excluding hydrogens is 426 g/mol. The fraction of sp³-hybridized carbons (Fsp3) is 0.179. The lowest BCUT2D eigenvalue weighted by Crippen LogP contribution is -2.27. The number of carbonyl (C=O) groups excluding carboxylic acids is 2. The molecule has 1 unspecified atom stereocenters. The second kappa shape index (κ2) is 10.3. The summed E-state index contributed by atoms with van der Waals surface area (Å²) in [6, 6.07) is 20.6. The minimum absolute atomic E-state index is 0.150. The van der Waals surface area contributed by atoms with E-state index in [1.165, 1.54) is 0 Å². The fourth-order valence-corrected chi connectivity index (χ4v) is 3.96. The van der Waals surface area contributed by atoms with Gasteiger partial charge in [-0.05, 0) is 60.7 Å². The third-order valence-electron chi connectivity index (χ3n) is 5.67. The number of fused-ring (bicyclic) bond motifs is 1. The van der Waals surface area contributed by atoms with Gasteiger partial charge in [0.05, 0.1) is 11.5 Å². The van der Waals surface area contributed by atoms with Crippen LogP contribution < -0.4 is 11.1 Å². The van der Waals surface area contributed by atoms with Crippen LogP contribution in [0, 0.1) is 13.8 Å². The summed E-state index contributed by atoms with van der Waals surface area (Å²) in [5, 5.41) is 4.96. The molecule has 1 amide bonds. The highest BCUT2D eigenvalue weighted by molar-refractivity contribution is 5.98. The van der Waals surface area contributed by atoms with Crippen molar-refractivity contribution in [1.82, 2.24) is 4.98 Å². The average Bonchev–Trinajstić information content (AvgIpc) is 2.83. The molecule has 3 N–H and O–H groups in total. The number of pyridine rings is 1. The van der Waals surface area contributed by atoms with E-state index in [-0.39, 0.29) is 25.0 Å². The Labute approximate surface area is 198 Å². The zero-order chi connectivity index (χ0) is 24.1. The van der Waals surface area contributed by atoms with Gasteiger partial charge in [-0.3, -0.25) is 9.78 Å². The molecule has 0 saturated heterocycles. The van der Waals surface area contributed by atoms with Crippen LogP contribution in [0.15, 0.2) is 79.1 Å². The molecule has 4 rings (SSSR count). The zero-order valence-electron chi connectivity index (χ0n) is 19.2. The quantitative estimate of drug-likeness (QED) is 0.389. The topological polar surface area (TPSA) is 94.3 Å². The molecule has 0 saturated carbocycles. The molecule has 1 aromatic heterocycles. The number of nitrogens with one attached hydrogen (secondary N) is 1. The minimum Gasteiger partial charge on any atom is -0.457 e. The summed E-state index contributed by atoms with van der Waals surface area (Å²) in [5.41, 5.74) is 10.9. The number of esters is 1. The molecular formula is C28H27N3O3. The van der Waals surface area contributed by atoms with Crippen LogP contribution in [-0.4, -0.2) is 23.4 Å². The van der Waals surface area contributed by atoms with E-state index in [1.807, 2.05) is 80.6 Å². The summed E-state index contributed by atoms with van der Waals surface area (Å²) in [7, 11) is 0. The first-order valence-corrected chi connectivity index (χ1v) is 11.1. The van der Waals surface area contributed by atoms with Crippen molar-refractivity contribution in [3.63, 3.8) is 0 Å². The maximum Gasteiger partial charge on any atom is 0.338 e. The first-order chi connectivity index (χ1) is 16.4. The van der Waals surface area contributed by atoms with Crippen LogP contribution in [0.1, 0.15) is 38.5 Å². The van der Waals surface area contributed by atoms with E-state index in [1.54, 1.807) is 12.4 Å². The highest BCUT2D eigenvalue weighted by Gasteiger charge is 2.19. The van der Waals surface area contributed by atoms with Crippen molar-refractivity contribution < 1.29 is 14.3 Å². The van der Waals surface area contributed by atoms with Crippen LogP contribution in [0.5, 0.6) is 0 Å². The van der Waals surface area contributed by atoms with Crippen molar-refractivity contribution in [1.29, 1.82) is 0 Å². The van der Waals surface area contributed by atoms with Gasteiger partial charge in [0.25, 0.3) is 0 Å². The molecule has 0 spiro atoms. The van der Waals surface area contributed by atoms with Gasteiger partial charge in [0.15, 0.2) is 0 Å². The van der Waals surface area contributed by atoms with Gasteiger partial charge < -0.3 is 15.8 Å². The molecule has 0 fully saturated rings. The predicted molar refractivity (Wildman–Crippen MR) is 134 cm³/mol. The Morgan fingerprint density at radius 3 is 2.38 bits per heavy atom. The molecule has 172 valence electrons. The Kier molecular flexibility index (Phi) is 6.99. The van der Waals surface area contributed by atoms with Crippen LogP contribution in [0.4, 0.5) is 5.69 Å². The maximum atomic E-state index is 12.9. The lowest BCUT2D eigenvalue weighted by molar-refractivity contribution is -0.117. The van der Waals surface area contributed by atoms with Crippen molar-refractivity contribution in [2.45, 2.75) is 26.4 Å². The lowest BCUT2D eigenvalue weighted by Gasteiger charge is -2.16. The molecule has 1 heterocycles. The fourth-order valence-electron chi connectivity index (χ4n) is 3.96. The normalized spacial score (nSPS) is 11.7. The predicted octanol–water partition coefficient (Wildman–Crippen LogP) is 4.89. The van der Waals surface area contributed by atoms with Gasteiger partial charge in [0.1, 0.15) is 6.61 Å². The Morgan fingerprint density at radius 2 is 1.68 bits per heavy atom. The molecule has 0 aliphatic carbocycles. The van der Waals surface area contributed by atoms with E-state index < -0.39 is 5.92 Å². The largest absolute Gasteiger partial charge is 0.457 e. The SMILES string of the molecule is Cc1cc(C)cc(C(=O)OCc2ccc(C(CN)C(=O)Nc3ccc4cnccc4c3)cc2)c1. The molecule has 0 bridgehead atoms. The van der Waals surface area contributed by atoms with Gasteiger partial charge >= 0.3 is 5.97 Å². The van der Waals surface area contributed by atoms with Crippen molar-refractivity contribution in [3.8, 4) is 0 Å². The molecule has 0 aliphatic rings. The lowest BCUT2D eigenvalue weighted by atomic mass is 9.97. The minimum atomic E-state index is -0.500. The molecule has 3 aromatic carbocycles. The summed E-state index contributed by atoms with van der Waals surface area (Å²) in [4.78, 5) is 29.4. The molecule has 1 atom stereocenters. The number of nitrogens with two attached hydrogens (primary N) is 1. The van der Waals surface area contributed by atoms with Gasteiger partial charge in [0, 0.05) is 30.0 Å². The van der Waals surface area contributed by atoms with Gasteiger partial charge in [-0.2, -0.15) is 0 Å². The van der Waals surface area contributed by atoms with Crippen LogP contribution in [0.2, 0.25) is 0 Å². The van der Waals surface area contributed by atoms with E-state index in [4.69, 9.17) is 10.5 Å². The smallest absolute Gasteiger partial charge is 0.338 e. The Hall–Kier alpha value is -4.03. The zero-order valence-corrected chi connectivity index (χ0v) is 19.2. The molecule has 0 aliphatic heterocycles. The highest BCUT2D eigenvalue weighted by Crippen LogP contribution is 2.22. The number of hydrogen-bond acceptors (Lipinski definition) is 5. The first kappa shape index (κ1) is 23.1. The second-order valence-electron chi connectivity index (χ2n) is 8.41. The molecule has 6 nitrogen and oxygen atoms in total. The monoisotopic (exact) mass is 453 g/mol. The highest BCUT2D eigenvalue weighted by atomic mass is 16.5. The number of rotatable bonds is 7. The number of benzene rings is 3. The van der Waals surface area contributed by atoms with Crippen LogP contribution >= 0.6 is 0 Å². The van der Waals surface area contributed by atoms with E-state index in [0.29, 0.717) is 11.3 Å². The maximum absolute atomic E-state index is 12.9. The summed E-state index contributed by atoms with van der Waals surface area (Å²) >= 11 is 0. The van der Waals surface area contributed by atoms with Crippen LogP contribution in [0.3, 0.4) is 0 Å². The molecule has 0 radical (unpaired) electrons. The Balaban J connectivity index is 1.39. The standard InChI is InChI=1S/C28H27N3O3/c1-18-11-19(2)13-24(12-18)28(33)34-17-20-3-5-21(6-4-20)26(15-29)27(32)31-25-8-7-23-16-30-10-9-22(23)14-25/h3-14,16,26H,15,17,29H2,1-2H3,(H,31,32).